The third kappa shape index (κ3) is 7.31. The normalized spacial score (nSPS) is 14.9. The van der Waals surface area contributed by atoms with Gasteiger partial charge < -0.3 is 10.2 Å². The number of nitrogens with zero attached hydrogens (tertiary/aromatic N) is 1. The van der Waals surface area contributed by atoms with E-state index in [-0.39, 0.29) is 24.4 Å². The molecule has 1 fully saturated rings. The van der Waals surface area contributed by atoms with E-state index in [1.54, 1.807) is 41.8 Å². The highest BCUT2D eigenvalue weighted by Gasteiger charge is 2.28. The van der Waals surface area contributed by atoms with Crippen LogP contribution in [0.15, 0.2) is 47.4 Å². The molecule has 0 aliphatic heterocycles. The molecule has 1 atom stereocenters. The molecule has 1 aliphatic carbocycles. The van der Waals surface area contributed by atoms with Crippen molar-refractivity contribution in [2.75, 3.05) is 5.75 Å². The highest BCUT2D eigenvalue weighted by atomic mass is 35.5. The first-order valence-corrected chi connectivity index (χ1v) is 12.9. The summed E-state index contributed by atoms with van der Waals surface area (Å²) in [7, 11) is 0. The summed E-state index contributed by atoms with van der Waals surface area (Å²) in [5.41, 5.74) is 0.760. The van der Waals surface area contributed by atoms with Crippen molar-refractivity contribution >= 4 is 58.4 Å². The molecule has 1 saturated carbocycles. The highest BCUT2D eigenvalue weighted by Crippen LogP contribution is 2.25. The summed E-state index contributed by atoms with van der Waals surface area (Å²) in [6.07, 6.45) is 4.55. The number of thioether (sulfide) groups is 1. The SMILES string of the molecule is CC(C(=O)NC1CCCC1)N(Cc1ccc(Cl)cc1Cl)C(=O)CCSc1ccc(Cl)cc1. The minimum atomic E-state index is -0.602. The van der Waals surface area contributed by atoms with Crippen LogP contribution < -0.4 is 5.32 Å². The second-order valence-corrected chi connectivity index (χ2v) is 10.4. The number of carbonyl (C=O) groups excluding carboxylic acids is 2. The number of halogens is 3. The molecule has 1 N–H and O–H groups in total. The van der Waals surface area contributed by atoms with Gasteiger partial charge in [-0.3, -0.25) is 9.59 Å². The van der Waals surface area contributed by atoms with E-state index < -0.39 is 6.04 Å². The van der Waals surface area contributed by atoms with Crippen molar-refractivity contribution in [1.82, 2.24) is 10.2 Å². The Morgan fingerprint density at radius 1 is 1.06 bits per heavy atom. The van der Waals surface area contributed by atoms with Gasteiger partial charge in [0.25, 0.3) is 0 Å². The Morgan fingerprint density at radius 2 is 1.72 bits per heavy atom. The van der Waals surface area contributed by atoms with Crippen LogP contribution in [0.1, 0.15) is 44.6 Å². The fraction of sp³-hybridized carbons (Fsp3) is 0.417. The molecule has 3 rings (SSSR count). The summed E-state index contributed by atoms with van der Waals surface area (Å²) >= 11 is 19.9. The lowest BCUT2D eigenvalue weighted by Gasteiger charge is -2.30. The first kappa shape index (κ1) is 25.2. The van der Waals surface area contributed by atoms with E-state index in [0.29, 0.717) is 27.2 Å². The number of carbonyl (C=O) groups is 2. The molecule has 32 heavy (non-hydrogen) atoms. The molecule has 0 saturated heterocycles. The highest BCUT2D eigenvalue weighted by molar-refractivity contribution is 7.99. The van der Waals surface area contributed by atoms with E-state index in [0.717, 1.165) is 36.1 Å². The van der Waals surface area contributed by atoms with Gasteiger partial charge in [-0.05, 0) is 61.7 Å². The van der Waals surface area contributed by atoms with E-state index in [1.807, 2.05) is 24.3 Å². The molecule has 0 radical (unpaired) electrons. The molecule has 4 nitrogen and oxygen atoms in total. The van der Waals surface area contributed by atoms with Crippen LogP contribution in [0.5, 0.6) is 0 Å². The molecule has 1 aliphatic rings. The quantitative estimate of drug-likeness (QED) is 0.384. The average Bonchev–Trinajstić information content (AvgIpc) is 3.27. The largest absolute Gasteiger partial charge is 0.352 e. The van der Waals surface area contributed by atoms with Gasteiger partial charge in [0.2, 0.25) is 11.8 Å². The molecule has 2 aromatic rings. The van der Waals surface area contributed by atoms with Gasteiger partial charge in [0, 0.05) is 44.7 Å². The molecule has 0 spiro atoms. The lowest BCUT2D eigenvalue weighted by Crippen LogP contribution is -2.49. The summed E-state index contributed by atoms with van der Waals surface area (Å²) in [6.45, 7) is 2.03. The van der Waals surface area contributed by atoms with E-state index in [9.17, 15) is 9.59 Å². The number of rotatable bonds is 9. The van der Waals surface area contributed by atoms with Gasteiger partial charge in [0.05, 0.1) is 0 Å². The molecule has 1 unspecified atom stereocenters. The first-order chi connectivity index (χ1) is 15.3. The van der Waals surface area contributed by atoms with Gasteiger partial charge in [-0.15, -0.1) is 11.8 Å². The van der Waals surface area contributed by atoms with Gasteiger partial charge in [-0.1, -0.05) is 53.7 Å². The number of amides is 2. The number of benzene rings is 2. The van der Waals surface area contributed by atoms with Crippen LogP contribution in [0.2, 0.25) is 15.1 Å². The van der Waals surface area contributed by atoms with Gasteiger partial charge in [-0.25, -0.2) is 0 Å². The van der Waals surface area contributed by atoms with Crippen LogP contribution in [-0.4, -0.2) is 34.6 Å². The van der Waals surface area contributed by atoms with Crippen molar-refractivity contribution < 1.29 is 9.59 Å². The zero-order chi connectivity index (χ0) is 23.1. The Kier molecular flexibility index (Phi) is 9.60. The van der Waals surface area contributed by atoms with Crippen molar-refractivity contribution in [2.45, 2.75) is 62.6 Å². The van der Waals surface area contributed by atoms with Crippen molar-refractivity contribution in [2.24, 2.45) is 0 Å². The third-order valence-corrected chi connectivity index (χ3v) is 7.48. The Labute approximate surface area is 209 Å². The Balaban J connectivity index is 1.68. The Morgan fingerprint density at radius 3 is 2.38 bits per heavy atom. The standard InChI is InChI=1S/C24H27Cl3N2O2S/c1-16(24(31)28-20-4-2-3-5-20)29(15-17-6-7-19(26)14-22(17)27)23(30)12-13-32-21-10-8-18(25)9-11-21/h6-11,14,16,20H,2-5,12-13,15H2,1H3,(H,28,31). The van der Waals surface area contributed by atoms with E-state index in [2.05, 4.69) is 5.32 Å². The average molecular weight is 514 g/mol. The lowest BCUT2D eigenvalue weighted by atomic mass is 10.1. The summed E-state index contributed by atoms with van der Waals surface area (Å²) in [5, 5.41) is 4.80. The van der Waals surface area contributed by atoms with Gasteiger partial charge in [0.1, 0.15) is 6.04 Å². The van der Waals surface area contributed by atoms with Crippen LogP contribution in [0.4, 0.5) is 0 Å². The monoisotopic (exact) mass is 512 g/mol. The predicted octanol–water partition coefficient (Wildman–Crippen LogP) is 6.61. The third-order valence-electron chi connectivity index (χ3n) is 5.62. The van der Waals surface area contributed by atoms with E-state index in [1.165, 1.54) is 0 Å². The van der Waals surface area contributed by atoms with Crippen LogP contribution in [0.25, 0.3) is 0 Å². The van der Waals surface area contributed by atoms with Crippen molar-refractivity contribution in [3.63, 3.8) is 0 Å². The van der Waals surface area contributed by atoms with Crippen molar-refractivity contribution in [1.29, 1.82) is 0 Å². The summed E-state index contributed by atoms with van der Waals surface area (Å²) in [5.74, 6) is 0.384. The van der Waals surface area contributed by atoms with Gasteiger partial charge >= 0.3 is 0 Å². The maximum absolute atomic E-state index is 13.2. The number of hydrogen-bond donors (Lipinski definition) is 1. The topological polar surface area (TPSA) is 49.4 Å². The zero-order valence-electron chi connectivity index (χ0n) is 18.0. The van der Waals surface area contributed by atoms with Gasteiger partial charge in [-0.2, -0.15) is 0 Å². The summed E-state index contributed by atoms with van der Waals surface area (Å²) in [6, 6.07) is 12.3. The van der Waals surface area contributed by atoms with Crippen LogP contribution in [-0.2, 0) is 16.1 Å². The number of hydrogen-bond acceptors (Lipinski definition) is 3. The molecule has 0 aromatic heterocycles. The van der Waals surface area contributed by atoms with Crippen LogP contribution in [0, 0.1) is 0 Å². The molecule has 2 aromatic carbocycles. The molecule has 0 bridgehead atoms. The fourth-order valence-corrected chi connectivity index (χ4v) is 5.17. The smallest absolute Gasteiger partial charge is 0.242 e. The summed E-state index contributed by atoms with van der Waals surface area (Å²) in [4.78, 5) is 28.8. The Hall–Kier alpha value is -1.40. The zero-order valence-corrected chi connectivity index (χ0v) is 21.0. The molecule has 2 amide bonds. The molecule has 8 heteroatoms. The van der Waals surface area contributed by atoms with Crippen molar-refractivity contribution in [3.05, 3.63) is 63.1 Å². The van der Waals surface area contributed by atoms with Crippen LogP contribution >= 0.6 is 46.6 Å². The van der Waals surface area contributed by atoms with E-state index in [4.69, 9.17) is 34.8 Å². The predicted molar refractivity (Wildman–Crippen MR) is 134 cm³/mol. The maximum Gasteiger partial charge on any atom is 0.242 e. The number of nitrogens with one attached hydrogen (secondary N) is 1. The molecular formula is C24H27Cl3N2O2S. The molecule has 0 heterocycles. The fourth-order valence-electron chi connectivity index (χ4n) is 3.74. The minimum absolute atomic E-state index is 0.0912. The van der Waals surface area contributed by atoms with Crippen LogP contribution in [0.3, 0.4) is 0 Å². The molecule has 172 valence electrons. The lowest BCUT2D eigenvalue weighted by molar-refractivity contribution is -0.140. The minimum Gasteiger partial charge on any atom is -0.352 e. The van der Waals surface area contributed by atoms with E-state index >= 15 is 0 Å². The first-order valence-electron chi connectivity index (χ1n) is 10.8. The van der Waals surface area contributed by atoms with Gasteiger partial charge in [0.15, 0.2) is 0 Å². The second kappa shape index (κ2) is 12.2. The maximum atomic E-state index is 13.2. The van der Waals surface area contributed by atoms with Crippen molar-refractivity contribution in [3.8, 4) is 0 Å². The second-order valence-electron chi connectivity index (χ2n) is 7.98. The summed E-state index contributed by atoms with van der Waals surface area (Å²) < 4.78 is 0. The molecular weight excluding hydrogens is 487 g/mol. The Bertz CT molecular complexity index is 933.